The lowest BCUT2D eigenvalue weighted by Crippen LogP contribution is -2.21. The second kappa shape index (κ2) is 5.72. The van der Waals surface area contributed by atoms with Crippen molar-refractivity contribution in [2.45, 2.75) is 25.8 Å². The van der Waals surface area contributed by atoms with Crippen molar-refractivity contribution in [2.24, 2.45) is 0 Å². The topological polar surface area (TPSA) is 84.1 Å². The van der Waals surface area contributed by atoms with Gasteiger partial charge in [0.25, 0.3) is 0 Å². The van der Waals surface area contributed by atoms with Gasteiger partial charge in [-0.15, -0.1) is 0 Å². The Morgan fingerprint density at radius 1 is 1.67 bits per heavy atom. The Hall–Kier alpha value is -1.07. The van der Waals surface area contributed by atoms with Crippen LogP contribution in [0.25, 0.3) is 0 Å². The van der Waals surface area contributed by atoms with E-state index in [-0.39, 0.29) is 17.9 Å². The van der Waals surface area contributed by atoms with E-state index in [1.54, 1.807) is 0 Å². The van der Waals surface area contributed by atoms with E-state index in [1.165, 1.54) is 6.20 Å². The van der Waals surface area contributed by atoms with E-state index in [0.29, 0.717) is 17.9 Å². The Balaban J connectivity index is 2.73. The maximum atomic E-state index is 8.84. The molecule has 1 aromatic heterocycles. The van der Waals surface area contributed by atoms with Crippen molar-refractivity contribution in [3.05, 3.63) is 11.5 Å². The predicted molar refractivity (Wildman–Crippen MR) is 60.9 cm³/mol. The van der Waals surface area contributed by atoms with Crippen LogP contribution in [0.3, 0.4) is 0 Å². The molecule has 0 aromatic carbocycles. The van der Waals surface area contributed by atoms with Crippen LogP contribution in [0.4, 0.5) is 11.5 Å². The zero-order chi connectivity index (χ0) is 11.3. The van der Waals surface area contributed by atoms with Gasteiger partial charge in [-0.3, -0.25) is 0 Å². The van der Waals surface area contributed by atoms with E-state index in [1.807, 2.05) is 6.92 Å². The minimum atomic E-state index is 0.129. The third-order valence-electron chi connectivity index (χ3n) is 2.10. The average Bonchev–Trinajstić information content (AvgIpc) is 2.22. The van der Waals surface area contributed by atoms with Gasteiger partial charge in [-0.1, -0.05) is 6.92 Å². The molecule has 0 aliphatic rings. The van der Waals surface area contributed by atoms with Gasteiger partial charge in [0.05, 0.1) is 11.9 Å². The predicted octanol–water partition coefficient (Wildman–Crippen LogP) is 1.29. The van der Waals surface area contributed by atoms with Gasteiger partial charge in [0.15, 0.2) is 5.82 Å². The Morgan fingerprint density at radius 2 is 2.40 bits per heavy atom. The third-order valence-corrected chi connectivity index (χ3v) is 2.28. The monoisotopic (exact) mass is 230 g/mol. The fourth-order valence-corrected chi connectivity index (χ4v) is 1.35. The van der Waals surface area contributed by atoms with Crippen molar-refractivity contribution in [1.82, 2.24) is 9.97 Å². The maximum absolute atomic E-state index is 8.84. The number of anilines is 2. The lowest BCUT2D eigenvalue weighted by atomic mass is 10.1. The highest BCUT2D eigenvalue weighted by Gasteiger charge is 2.09. The standard InChI is InChI=1S/C9H15ClN4O/c1-2-6(3-4-15)13-8-7(11)5-12-9(10)14-8/h5-6,15H,2-4,11H2,1H3,(H,12,13,14). The Kier molecular flexibility index (Phi) is 4.58. The molecule has 4 N–H and O–H groups in total. The molecule has 0 amide bonds. The molecule has 84 valence electrons. The average molecular weight is 231 g/mol. The van der Waals surface area contributed by atoms with Crippen LogP contribution in [-0.4, -0.2) is 27.7 Å². The second-order valence-electron chi connectivity index (χ2n) is 3.20. The molecule has 1 atom stereocenters. The van der Waals surface area contributed by atoms with Crippen molar-refractivity contribution < 1.29 is 5.11 Å². The van der Waals surface area contributed by atoms with E-state index < -0.39 is 0 Å². The largest absolute Gasteiger partial charge is 0.396 e. The van der Waals surface area contributed by atoms with Crippen LogP contribution in [0, 0.1) is 0 Å². The van der Waals surface area contributed by atoms with Crippen LogP contribution in [-0.2, 0) is 0 Å². The maximum Gasteiger partial charge on any atom is 0.224 e. The number of nitrogens with zero attached hydrogens (tertiary/aromatic N) is 2. The SMILES string of the molecule is CCC(CCO)Nc1nc(Cl)ncc1N. The zero-order valence-electron chi connectivity index (χ0n) is 8.57. The summed E-state index contributed by atoms with van der Waals surface area (Å²) in [6.07, 6.45) is 2.99. The van der Waals surface area contributed by atoms with Gasteiger partial charge in [-0.2, -0.15) is 4.98 Å². The fraction of sp³-hybridized carbons (Fsp3) is 0.556. The Morgan fingerprint density at radius 3 is 3.00 bits per heavy atom. The van der Waals surface area contributed by atoms with Gasteiger partial charge in [0.1, 0.15) is 0 Å². The molecule has 0 fully saturated rings. The summed E-state index contributed by atoms with van der Waals surface area (Å²) in [6, 6.07) is 0.142. The molecule has 0 saturated carbocycles. The minimum absolute atomic E-state index is 0.129. The number of nitrogen functional groups attached to an aromatic ring is 1. The van der Waals surface area contributed by atoms with Crippen LogP contribution in [0.1, 0.15) is 19.8 Å². The molecule has 1 rings (SSSR count). The first-order valence-corrected chi connectivity index (χ1v) is 5.20. The zero-order valence-corrected chi connectivity index (χ0v) is 9.33. The van der Waals surface area contributed by atoms with Crippen molar-refractivity contribution >= 4 is 23.1 Å². The summed E-state index contributed by atoms with van der Waals surface area (Å²) in [7, 11) is 0. The summed E-state index contributed by atoms with van der Waals surface area (Å²) in [5.41, 5.74) is 6.13. The number of aliphatic hydroxyl groups excluding tert-OH is 1. The van der Waals surface area contributed by atoms with E-state index in [4.69, 9.17) is 22.4 Å². The normalized spacial score (nSPS) is 12.5. The lowest BCUT2D eigenvalue weighted by molar-refractivity contribution is 0.278. The Bertz CT molecular complexity index is 321. The molecule has 0 aliphatic heterocycles. The molecular weight excluding hydrogens is 216 g/mol. The number of nitrogens with two attached hydrogens (primary N) is 1. The molecule has 0 bridgehead atoms. The smallest absolute Gasteiger partial charge is 0.224 e. The summed E-state index contributed by atoms with van der Waals surface area (Å²) in [5, 5.41) is 12.1. The number of aliphatic hydroxyl groups is 1. The van der Waals surface area contributed by atoms with Gasteiger partial charge in [0, 0.05) is 12.6 Å². The highest BCUT2D eigenvalue weighted by atomic mass is 35.5. The van der Waals surface area contributed by atoms with Crippen molar-refractivity contribution in [3.63, 3.8) is 0 Å². The molecule has 0 aliphatic carbocycles. The summed E-state index contributed by atoms with van der Waals surface area (Å²) in [5.74, 6) is 0.523. The van der Waals surface area contributed by atoms with Crippen molar-refractivity contribution in [1.29, 1.82) is 0 Å². The highest BCUT2D eigenvalue weighted by Crippen LogP contribution is 2.18. The van der Waals surface area contributed by atoms with Crippen LogP contribution in [0.5, 0.6) is 0 Å². The molecule has 0 saturated heterocycles. The number of aromatic nitrogens is 2. The molecule has 6 heteroatoms. The van der Waals surface area contributed by atoms with E-state index in [2.05, 4.69) is 15.3 Å². The molecule has 1 heterocycles. The first kappa shape index (κ1) is 12.0. The van der Waals surface area contributed by atoms with Gasteiger partial charge >= 0.3 is 0 Å². The minimum Gasteiger partial charge on any atom is -0.396 e. The van der Waals surface area contributed by atoms with Gasteiger partial charge in [-0.25, -0.2) is 4.98 Å². The van der Waals surface area contributed by atoms with Crippen molar-refractivity contribution in [2.75, 3.05) is 17.7 Å². The molecule has 0 radical (unpaired) electrons. The van der Waals surface area contributed by atoms with Gasteiger partial charge in [0.2, 0.25) is 5.28 Å². The van der Waals surface area contributed by atoms with Gasteiger partial charge < -0.3 is 16.2 Å². The van der Waals surface area contributed by atoms with Gasteiger partial charge in [-0.05, 0) is 24.4 Å². The number of rotatable bonds is 5. The van der Waals surface area contributed by atoms with Crippen LogP contribution in [0.15, 0.2) is 6.20 Å². The first-order chi connectivity index (χ1) is 7.17. The summed E-state index contributed by atoms with van der Waals surface area (Å²) < 4.78 is 0. The second-order valence-corrected chi connectivity index (χ2v) is 3.54. The molecule has 1 aromatic rings. The fourth-order valence-electron chi connectivity index (χ4n) is 1.21. The molecule has 0 spiro atoms. The van der Waals surface area contributed by atoms with Crippen LogP contribution < -0.4 is 11.1 Å². The summed E-state index contributed by atoms with van der Waals surface area (Å²) in [6.45, 7) is 2.15. The molecule has 15 heavy (non-hydrogen) atoms. The first-order valence-electron chi connectivity index (χ1n) is 4.82. The van der Waals surface area contributed by atoms with E-state index in [0.717, 1.165) is 6.42 Å². The highest BCUT2D eigenvalue weighted by molar-refractivity contribution is 6.28. The Labute approximate surface area is 93.7 Å². The van der Waals surface area contributed by atoms with Crippen LogP contribution in [0.2, 0.25) is 5.28 Å². The summed E-state index contributed by atoms with van der Waals surface area (Å²) >= 11 is 5.65. The number of nitrogens with one attached hydrogen (secondary N) is 1. The third kappa shape index (κ3) is 3.53. The quantitative estimate of drug-likeness (QED) is 0.664. The molecule has 1 unspecified atom stereocenters. The number of halogens is 1. The van der Waals surface area contributed by atoms with E-state index in [9.17, 15) is 0 Å². The van der Waals surface area contributed by atoms with E-state index >= 15 is 0 Å². The summed E-state index contributed by atoms with van der Waals surface area (Å²) in [4.78, 5) is 7.74. The number of hydrogen-bond acceptors (Lipinski definition) is 5. The lowest BCUT2D eigenvalue weighted by Gasteiger charge is -2.17. The van der Waals surface area contributed by atoms with Crippen molar-refractivity contribution in [3.8, 4) is 0 Å². The van der Waals surface area contributed by atoms with Crippen LogP contribution >= 0.6 is 11.6 Å². The molecular formula is C9H15ClN4O. The number of hydrogen-bond donors (Lipinski definition) is 3. The molecule has 5 nitrogen and oxygen atoms in total.